The van der Waals surface area contributed by atoms with E-state index in [0.29, 0.717) is 11.5 Å². The summed E-state index contributed by atoms with van der Waals surface area (Å²) < 4.78 is 6.32. The summed E-state index contributed by atoms with van der Waals surface area (Å²) >= 11 is 3.34. The average molecular weight is 373 g/mol. The van der Waals surface area contributed by atoms with Crippen LogP contribution in [-0.2, 0) is 4.79 Å². The molecule has 118 valence electrons. The normalized spacial score (nSPS) is 11.5. The second-order valence-electron chi connectivity index (χ2n) is 4.77. The number of hydrogen-bond acceptors (Lipinski definition) is 3. The second-order valence-corrected chi connectivity index (χ2v) is 5.69. The third-order valence-electron chi connectivity index (χ3n) is 2.86. The molecule has 2 aromatic carbocycles. The molecule has 1 N–H and O–H groups in total. The lowest BCUT2D eigenvalue weighted by molar-refractivity contribution is -0.123. The van der Waals surface area contributed by atoms with E-state index in [4.69, 9.17) is 4.74 Å². The number of halogens is 1. The number of benzene rings is 2. The SMILES string of the molecule is CC(/C=C\c1ccccc1)=NNC(=O)COc1ccc(Br)cc1. The molecule has 4 nitrogen and oxygen atoms in total. The molecule has 23 heavy (non-hydrogen) atoms. The van der Waals surface area contributed by atoms with E-state index in [-0.39, 0.29) is 12.5 Å². The lowest BCUT2D eigenvalue weighted by Crippen LogP contribution is -2.25. The third kappa shape index (κ3) is 6.48. The summed E-state index contributed by atoms with van der Waals surface area (Å²) in [6.07, 6.45) is 3.77. The van der Waals surface area contributed by atoms with Crippen molar-refractivity contribution < 1.29 is 9.53 Å². The Morgan fingerprint density at radius 1 is 1.17 bits per heavy atom. The van der Waals surface area contributed by atoms with Crippen LogP contribution in [0.3, 0.4) is 0 Å². The number of ether oxygens (including phenoxy) is 1. The Hall–Kier alpha value is -2.40. The van der Waals surface area contributed by atoms with Crippen molar-refractivity contribution in [3.8, 4) is 5.75 Å². The molecule has 0 saturated heterocycles. The molecule has 0 aliphatic heterocycles. The van der Waals surface area contributed by atoms with Gasteiger partial charge in [0.1, 0.15) is 5.75 Å². The Morgan fingerprint density at radius 2 is 1.87 bits per heavy atom. The molecule has 0 atom stereocenters. The van der Waals surface area contributed by atoms with Crippen molar-refractivity contribution in [1.82, 2.24) is 5.43 Å². The first kappa shape index (κ1) is 17.0. The molecule has 1 amide bonds. The minimum Gasteiger partial charge on any atom is -0.484 e. The summed E-state index contributed by atoms with van der Waals surface area (Å²) in [6, 6.07) is 17.2. The predicted octanol–water partition coefficient (Wildman–Crippen LogP) is 4.03. The van der Waals surface area contributed by atoms with Crippen molar-refractivity contribution in [3.63, 3.8) is 0 Å². The summed E-state index contributed by atoms with van der Waals surface area (Å²) in [6.45, 7) is 1.73. The van der Waals surface area contributed by atoms with E-state index < -0.39 is 0 Å². The van der Waals surface area contributed by atoms with Gasteiger partial charge < -0.3 is 4.74 Å². The summed E-state index contributed by atoms with van der Waals surface area (Å²) in [5, 5.41) is 4.01. The first-order chi connectivity index (χ1) is 11.1. The van der Waals surface area contributed by atoms with Crippen LogP contribution in [-0.4, -0.2) is 18.2 Å². The van der Waals surface area contributed by atoms with Gasteiger partial charge in [-0.2, -0.15) is 5.10 Å². The van der Waals surface area contributed by atoms with Crippen LogP contribution in [0.2, 0.25) is 0 Å². The summed E-state index contributed by atoms with van der Waals surface area (Å²) in [7, 11) is 0. The van der Waals surface area contributed by atoms with Gasteiger partial charge in [0.2, 0.25) is 0 Å². The Labute approximate surface area is 144 Å². The fourth-order valence-electron chi connectivity index (χ4n) is 1.68. The highest BCUT2D eigenvalue weighted by atomic mass is 79.9. The Bertz CT molecular complexity index is 695. The fraction of sp³-hybridized carbons (Fsp3) is 0.111. The average Bonchev–Trinajstić information content (AvgIpc) is 2.58. The van der Waals surface area contributed by atoms with Gasteiger partial charge in [-0.15, -0.1) is 0 Å². The van der Waals surface area contributed by atoms with Gasteiger partial charge in [-0.1, -0.05) is 52.3 Å². The van der Waals surface area contributed by atoms with Crippen LogP contribution in [0.5, 0.6) is 5.75 Å². The summed E-state index contributed by atoms with van der Waals surface area (Å²) in [5.74, 6) is 0.327. The summed E-state index contributed by atoms with van der Waals surface area (Å²) in [4.78, 5) is 11.7. The van der Waals surface area contributed by atoms with Crippen LogP contribution in [0, 0.1) is 0 Å². The maximum atomic E-state index is 11.7. The van der Waals surface area contributed by atoms with Gasteiger partial charge >= 0.3 is 0 Å². The van der Waals surface area contributed by atoms with Crippen LogP contribution in [0.1, 0.15) is 12.5 Å². The van der Waals surface area contributed by atoms with E-state index in [9.17, 15) is 4.79 Å². The van der Waals surface area contributed by atoms with E-state index in [2.05, 4.69) is 26.5 Å². The number of amides is 1. The number of carbonyl (C=O) groups excluding carboxylic acids is 1. The van der Waals surface area contributed by atoms with Gasteiger partial charge in [0, 0.05) is 4.47 Å². The molecule has 0 spiro atoms. The molecule has 0 heterocycles. The fourth-order valence-corrected chi connectivity index (χ4v) is 1.95. The maximum Gasteiger partial charge on any atom is 0.277 e. The molecule has 0 saturated carbocycles. The predicted molar refractivity (Wildman–Crippen MR) is 96.4 cm³/mol. The zero-order valence-electron chi connectivity index (χ0n) is 12.7. The quantitative estimate of drug-likeness (QED) is 0.614. The second kappa shape index (κ2) is 8.90. The molecule has 0 unspecified atom stereocenters. The Morgan fingerprint density at radius 3 is 2.57 bits per heavy atom. The maximum absolute atomic E-state index is 11.7. The highest BCUT2D eigenvalue weighted by Gasteiger charge is 2.01. The van der Waals surface area contributed by atoms with Crippen molar-refractivity contribution >= 4 is 33.6 Å². The molecule has 0 aromatic heterocycles. The first-order valence-electron chi connectivity index (χ1n) is 7.08. The van der Waals surface area contributed by atoms with Crippen LogP contribution in [0.25, 0.3) is 6.08 Å². The molecule has 0 fully saturated rings. The molecular formula is C18H17BrN2O2. The number of carbonyl (C=O) groups is 1. The van der Waals surface area contributed by atoms with Crippen LogP contribution in [0.15, 0.2) is 70.2 Å². The topological polar surface area (TPSA) is 50.7 Å². The van der Waals surface area contributed by atoms with Gasteiger partial charge in [0.25, 0.3) is 5.91 Å². The lowest BCUT2D eigenvalue weighted by Gasteiger charge is -2.05. The zero-order valence-corrected chi connectivity index (χ0v) is 14.3. The number of nitrogens with zero attached hydrogens (tertiary/aromatic N) is 1. The number of nitrogens with one attached hydrogen (secondary N) is 1. The number of allylic oxidation sites excluding steroid dienone is 1. The monoisotopic (exact) mass is 372 g/mol. The van der Waals surface area contributed by atoms with E-state index in [1.165, 1.54) is 0 Å². The van der Waals surface area contributed by atoms with Crippen LogP contribution >= 0.6 is 15.9 Å². The van der Waals surface area contributed by atoms with Crippen molar-refractivity contribution in [2.45, 2.75) is 6.92 Å². The van der Waals surface area contributed by atoms with Gasteiger partial charge in [0.15, 0.2) is 6.61 Å². The van der Waals surface area contributed by atoms with Crippen LogP contribution < -0.4 is 10.2 Å². The van der Waals surface area contributed by atoms with E-state index in [1.807, 2.05) is 61.5 Å². The lowest BCUT2D eigenvalue weighted by atomic mass is 10.2. The molecule has 2 aromatic rings. The minimum atomic E-state index is -0.305. The third-order valence-corrected chi connectivity index (χ3v) is 3.39. The Kier molecular flexibility index (Phi) is 6.56. The molecule has 5 heteroatoms. The Balaban J connectivity index is 1.78. The van der Waals surface area contributed by atoms with Gasteiger partial charge in [-0.05, 0) is 42.8 Å². The molecule has 0 aliphatic carbocycles. The molecular weight excluding hydrogens is 356 g/mol. The number of hydrogen-bond donors (Lipinski definition) is 1. The van der Waals surface area contributed by atoms with Gasteiger partial charge in [0.05, 0.1) is 5.71 Å². The standard InChI is InChI=1S/C18H17BrN2O2/c1-14(7-8-15-5-3-2-4-6-15)20-21-18(22)13-23-17-11-9-16(19)10-12-17/h2-12H,13H2,1H3,(H,21,22)/b8-7-,20-14?. The molecule has 2 rings (SSSR count). The highest BCUT2D eigenvalue weighted by molar-refractivity contribution is 9.10. The van der Waals surface area contributed by atoms with E-state index in [0.717, 1.165) is 10.0 Å². The van der Waals surface area contributed by atoms with Crippen molar-refractivity contribution in [1.29, 1.82) is 0 Å². The first-order valence-corrected chi connectivity index (χ1v) is 7.87. The smallest absolute Gasteiger partial charge is 0.277 e. The van der Waals surface area contributed by atoms with Crippen LogP contribution in [0.4, 0.5) is 0 Å². The largest absolute Gasteiger partial charge is 0.484 e. The van der Waals surface area contributed by atoms with Crippen molar-refractivity contribution in [2.75, 3.05) is 6.61 Å². The molecule has 0 radical (unpaired) electrons. The van der Waals surface area contributed by atoms with Gasteiger partial charge in [-0.3, -0.25) is 4.79 Å². The molecule has 0 aliphatic rings. The minimum absolute atomic E-state index is 0.0825. The highest BCUT2D eigenvalue weighted by Crippen LogP contribution is 2.15. The zero-order chi connectivity index (χ0) is 16.5. The number of rotatable bonds is 6. The van der Waals surface area contributed by atoms with Crippen molar-refractivity contribution in [3.05, 3.63) is 70.7 Å². The molecule has 0 bridgehead atoms. The van der Waals surface area contributed by atoms with Crippen molar-refractivity contribution in [2.24, 2.45) is 5.10 Å². The van der Waals surface area contributed by atoms with Gasteiger partial charge in [-0.25, -0.2) is 5.43 Å². The summed E-state index contributed by atoms with van der Waals surface area (Å²) in [5.41, 5.74) is 4.24. The van der Waals surface area contributed by atoms with E-state index in [1.54, 1.807) is 12.1 Å². The van der Waals surface area contributed by atoms with E-state index >= 15 is 0 Å². The number of hydrazone groups is 1.